The van der Waals surface area contributed by atoms with Crippen molar-refractivity contribution >= 4 is 23.4 Å². The molecule has 0 heterocycles. The number of carbonyl (C=O) groups is 3. The third-order valence-electron chi connectivity index (χ3n) is 4.70. The van der Waals surface area contributed by atoms with Crippen molar-refractivity contribution in [3.8, 4) is 5.75 Å². The van der Waals surface area contributed by atoms with Crippen LogP contribution in [0.4, 0.5) is 14.9 Å². The molecule has 0 atom stereocenters. The highest BCUT2D eigenvalue weighted by Crippen LogP contribution is 2.18. The van der Waals surface area contributed by atoms with E-state index in [1.165, 1.54) is 24.3 Å². The maximum absolute atomic E-state index is 13.0. The molecular weight excluding hydrogens is 399 g/mol. The van der Waals surface area contributed by atoms with Crippen LogP contribution in [0.25, 0.3) is 0 Å². The SMILES string of the molecule is Cc1cccc(NC(=O)NC(=O)COc2ccc(C(=O)c3ccc(F)cc3)cc2)c1C. The van der Waals surface area contributed by atoms with Crippen LogP contribution in [0.2, 0.25) is 0 Å². The van der Waals surface area contributed by atoms with E-state index in [9.17, 15) is 18.8 Å². The normalized spacial score (nSPS) is 10.3. The minimum absolute atomic E-state index is 0.257. The lowest BCUT2D eigenvalue weighted by Gasteiger charge is -2.11. The van der Waals surface area contributed by atoms with Gasteiger partial charge in [-0.3, -0.25) is 14.9 Å². The molecule has 0 aliphatic rings. The van der Waals surface area contributed by atoms with E-state index in [0.717, 1.165) is 11.1 Å². The fourth-order valence-corrected chi connectivity index (χ4v) is 2.82. The average molecular weight is 420 g/mol. The first-order valence-electron chi connectivity index (χ1n) is 9.53. The molecule has 0 saturated carbocycles. The summed E-state index contributed by atoms with van der Waals surface area (Å²) in [7, 11) is 0. The van der Waals surface area contributed by atoms with E-state index in [4.69, 9.17) is 4.74 Å². The zero-order valence-corrected chi connectivity index (χ0v) is 17.1. The monoisotopic (exact) mass is 420 g/mol. The molecule has 6 nitrogen and oxygen atoms in total. The van der Waals surface area contributed by atoms with E-state index in [1.807, 2.05) is 26.0 Å². The van der Waals surface area contributed by atoms with Crippen molar-refractivity contribution in [2.45, 2.75) is 13.8 Å². The van der Waals surface area contributed by atoms with Crippen LogP contribution in [0.3, 0.4) is 0 Å². The molecule has 7 heteroatoms. The molecule has 31 heavy (non-hydrogen) atoms. The summed E-state index contributed by atoms with van der Waals surface area (Å²) in [6.45, 7) is 3.43. The highest BCUT2D eigenvalue weighted by Gasteiger charge is 2.12. The lowest BCUT2D eigenvalue weighted by atomic mass is 10.0. The van der Waals surface area contributed by atoms with E-state index in [-0.39, 0.29) is 12.4 Å². The van der Waals surface area contributed by atoms with E-state index in [2.05, 4.69) is 10.6 Å². The second-order valence-electron chi connectivity index (χ2n) is 6.90. The molecule has 0 saturated heterocycles. The number of ketones is 1. The second-order valence-corrected chi connectivity index (χ2v) is 6.90. The van der Waals surface area contributed by atoms with Crippen LogP contribution in [-0.4, -0.2) is 24.3 Å². The third-order valence-corrected chi connectivity index (χ3v) is 4.70. The standard InChI is InChI=1S/C24H21FN2O4/c1-15-4-3-5-21(16(15)2)26-24(30)27-22(28)14-31-20-12-8-18(9-13-20)23(29)17-6-10-19(25)11-7-17/h3-13H,14H2,1-2H3,(H2,26,27,28,30). The number of aryl methyl sites for hydroxylation is 1. The van der Waals surface area contributed by atoms with E-state index >= 15 is 0 Å². The molecule has 0 bridgehead atoms. The Bertz CT molecular complexity index is 1110. The van der Waals surface area contributed by atoms with Crippen molar-refractivity contribution in [1.82, 2.24) is 5.32 Å². The van der Waals surface area contributed by atoms with Crippen LogP contribution in [-0.2, 0) is 4.79 Å². The van der Waals surface area contributed by atoms with Gasteiger partial charge < -0.3 is 10.1 Å². The summed E-state index contributed by atoms with van der Waals surface area (Å²) >= 11 is 0. The number of benzene rings is 3. The van der Waals surface area contributed by atoms with Crippen LogP contribution < -0.4 is 15.4 Å². The Hall–Kier alpha value is -4.00. The number of hydrogen-bond acceptors (Lipinski definition) is 4. The van der Waals surface area contributed by atoms with Gasteiger partial charge in [-0.1, -0.05) is 12.1 Å². The van der Waals surface area contributed by atoms with Crippen LogP contribution in [0.1, 0.15) is 27.0 Å². The number of ether oxygens (including phenoxy) is 1. The lowest BCUT2D eigenvalue weighted by Crippen LogP contribution is -2.37. The van der Waals surface area contributed by atoms with E-state index in [1.54, 1.807) is 30.3 Å². The number of carbonyl (C=O) groups excluding carboxylic acids is 3. The van der Waals surface area contributed by atoms with Gasteiger partial charge in [0.05, 0.1) is 0 Å². The van der Waals surface area contributed by atoms with Gasteiger partial charge in [0.1, 0.15) is 11.6 Å². The Morgan fingerprint density at radius 2 is 1.48 bits per heavy atom. The van der Waals surface area contributed by atoms with Gasteiger partial charge in [0, 0.05) is 16.8 Å². The Morgan fingerprint density at radius 3 is 2.13 bits per heavy atom. The van der Waals surface area contributed by atoms with Crippen molar-refractivity contribution in [1.29, 1.82) is 0 Å². The molecule has 0 unspecified atom stereocenters. The number of imide groups is 1. The van der Waals surface area contributed by atoms with Crippen LogP contribution in [0.5, 0.6) is 5.75 Å². The molecule has 0 fully saturated rings. The molecule has 3 aromatic carbocycles. The summed E-state index contributed by atoms with van der Waals surface area (Å²) in [5, 5.41) is 4.83. The van der Waals surface area contributed by atoms with Gasteiger partial charge >= 0.3 is 6.03 Å². The van der Waals surface area contributed by atoms with Gasteiger partial charge in [0.2, 0.25) is 0 Å². The Kier molecular flexibility index (Phi) is 6.77. The number of rotatable bonds is 6. The molecule has 0 spiro atoms. The minimum atomic E-state index is -0.650. The number of hydrogen-bond donors (Lipinski definition) is 2. The molecule has 3 amide bonds. The molecule has 2 N–H and O–H groups in total. The lowest BCUT2D eigenvalue weighted by molar-refractivity contribution is -0.121. The van der Waals surface area contributed by atoms with Gasteiger partial charge in [0.15, 0.2) is 12.4 Å². The number of amides is 3. The van der Waals surface area contributed by atoms with Crippen molar-refractivity contribution in [2.75, 3.05) is 11.9 Å². The Balaban J connectivity index is 1.51. The molecule has 0 aliphatic heterocycles. The number of urea groups is 1. The topological polar surface area (TPSA) is 84.5 Å². The quantitative estimate of drug-likeness (QED) is 0.579. The fourth-order valence-electron chi connectivity index (χ4n) is 2.82. The predicted molar refractivity (Wildman–Crippen MR) is 115 cm³/mol. The summed E-state index contributed by atoms with van der Waals surface area (Å²) < 4.78 is 18.4. The number of nitrogens with one attached hydrogen (secondary N) is 2. The molecule has 158 valence electrons. The largest absolute Gasteiger partial charge is 0.484 e. The van der Waals surface area contributed by atoms with Crippen LogP contribution >= 0.6 is 0 Å². The second kappa shape index (κ2) is 9.67. The third kappa shape index (κ3) is 5.76. The van der Waals surface area contributed by atoms with Gasteiger partial charge in [-0.15, -0.1) is 0 Å². The Labute approximate surface area is 179 Å². The fraction of sp³-hybridized carbons (Fsp3) is 0.125. The van der Waals surface area contributed by atoms with Crippen molar-refractivity contribution < 1.29 is 23.5 Å². The molecular formula is C24H21FN2O4. The van der Waals surface area contributed by atoms with Crippen molar-refractivity contribution in [3.05, 3.63) is 94.8 Å². The molecule has 0 radical (unpaired) electrons. The highest BCUT2D eigenvalue weighted by atomic mass is 19.1. The zero-order valence-electron chi connectivity index (χ0n) is 17.1. The first-order chi connectivity index (χ1) is 14.8. The first kappa shape index (κ1) is 21.7. The molecule has 3 rings (SSSR count). The smallest absolute Gasteiger partial charge is 0.325 e. The summed E-state index contributed by atoms with van der Waals surface area (Å²) in [5.74, 6) is -0.927. The average Bonchev–Trinajstić information content (AvgIpc) is 2.76. The number of halogens is 1. The van der Waals surface area contributed by atoms with Gasteiger partial charge in [0.25, 0.3) is 5.91 Å². The van der Waals surface area contributed by atoms with Gasteiger partial charge in [-0.05, 0) is 79.6 Å². The number of anilines is 1. The molecule has 0 aliphatic carbocycles. The minimum Gasteiger partial charge on any atom is -0.484 e. The van der Waals surface area contributed by atoms with Crippen molar-refractivity contribution in [3.63, 3.8) is 0 Å². The summed E-state index contributed by atoms with van der Waals surface area (Å²) in [5.41, 5.74) is 3.32. The van der Waals surface area contributed by atoms with Crippen LogP contribution in [0, 0.1) is 19.7 Å². The summed E-state index contributed by atoms with van der Waals surface area (Å²) in [4.78, 5) is 36.4. The highest BCUT2D eigenvalue weighted by molar-refractivity contribution is 6.09. The molecule has 3 aromatic rings. The van der Waals surface area contributed by atoms with Gasteiger partial charge in [-0.25, -0.2) is 9.18 Å². The predicted octanol–water partition coefficient (Wildman–Crippen LogP) is 4.40. The summed E-state index contributed by atoms with van der Waals surface area (Å²) in [6.07, 6.45) is 0. The van der Waals surface area contributed by atoms with Crippen molar-refractivity contribution in [2.24, 2.45) is 0 Å². The first-order valence-corrected chi connectivity index (χ1v) is 9.53. The van der Waals surface area contributed by atoms with E-state index < -0.39 is 17.8 Å². The Morgan fingerprint density at radius 1 is 0.871 bits per heavy atom. The maximum atomic E-state index is 13.0. The van der Waals surface area contributed by atoms with E-state index in [0.29, 0.717) is 22.6 Å². The zero-order chi connectivity index (χ0) is 22.4. The van der Waals surface area contributed by atoms with Gasteiger partial charge in [-0.2, -0.15) is 0 Å². The van der Waals surface area contributed by atoms with Crippen LogP contribution in [0.15, 0.2) is 66.7 Å². The maximum Gasteiger partial charge on any atom is 0.325 e. The molecule has 0 aromatic heterocycles. The summed E-state index contributed by atoms with van der Waals surface area (Å²) in [6, 6.07) is 16.3.